The van der Waals surface area contributed by atoms with Crippen molar-refractivity contribution in [3.63, 3.8) is 0 Å². The number of H-pyrrole nitrogens is 1. The quantitative estimate of drug-likeness (QED) is 0.831. The Balaban J connectivity index is 2.38. The third kappa shape index (κ3) is 2.14. The Morgan fingerprint density at radius 3 is 2.25 bits per heavy atom. The SMILES string of the molecule is CN(C)c1ccc(-c2cc[nH]c(=O)c2)cc1. The van der Waals surface area contributed by atoms with Crippen LogP contribution >= 0.6 is 0 Å². The highest BCUT2D eigenvalue weighted by Gasteiger charge is 1.99. The number of rotatable bonds is 2. The zero-order chi connectivity index (χ0) is 11.5. The number of nitrogens with one attached hydrogen (secondary N) is 1. The van der Waals surface area contributed by atoms with Gasteiger partial charge in [-0.3, -0.25) is 4.79 Å². The van der Waals surface area contributed by atoms with Crippen LogP contribution in [0, 0.1) is 0 Å². The smallest absolute Gasteiger partial charge is 0.248 e. The van der Waals surface area contributed by atoms with Gasteiger partial charge in [-0.1, -0.05) is 12.1 Å². The zero-order valence-electron chi connectivity index (χ0n) is 9.40. The number of pyridine rings is 1. The van der Waals surface area contributed by atoms with Gasteiger partial charge >= 0.3 is 0 Å². The molecule has 3 heteroatoms. The van der Waals surface area contributed by atoms with Crippen molar-refractivity contribution in [2.45, 2.75) is 0 Å². The lowest BCUT2D eigenvalue weighted by atomic mass is 10.1. The molecule has 0 fully saturated rings. The Morgan fingerprint density at radius 1 is 1.00 bits per heavy atom. The molecule has 0 aliphatic heterocycles. The fraction of sp³-hybridized carbons (Fsp3) is 0.154. The summed E-state index contributed by atoms with van der Waals surface area (Å²) < 4.78 is 0. The van der Waals surface area contributed by atoms with Gasteiger partial charge in [0.1, 0.15) is 0 Å². The topological polar surface area (TPSA) is 36.1 Å². The van der Waals surface area contributed by atoms with Gasteiger partial charge in [0.2, 0.25) is 5.56 Å². The normalized spacial score (nSPS) is 10.1. The molecule has 16 heavy (non-hydrogen) atoms. The minimum atomic E-state index is -0.0748. The first kappa shape index (κ1) is 10.5. The van der Waals surface area contributed by atoms with Crippen molar-refractivity contribution in [2.24, 2.45) is 0 Å². The highest BCUT2D eigenvalue weighted by atomic mass is 16.1. The molecule has 0 atom stereocenters. The van der Waals surface area contributed by atoms with Crippen molar-refractivity contribution in [3.05, 3.63) is 52.9 Å². The minimum absolute atomic E-state index is 0.0748. The maximum atomic E-state index is 11.2. The van der Waals surface area contributed by atoms with E-state index in [1.807, 2.05) is 49.3 Å². The van der Waals surface area contributed by atoms with Crippen LogP contribution < -0.4 is 10.5 Å². The monoisotopic (exact) mass is 214 g/mol. The van der Waals surface area contributed by atoms with E-state index in [1.165, 1.54) is 0 Å². The summed E-state index contributed by atoms with van der Waals surface area (Å²) in [6, 6.07) is 11.6. The summed E-state index contributed by atoms with van der Waals surface area (Å²) in [5.74, 6) is 0. The summed E-state index contributed by atoms with van der Waals surface area (Å²) in [7, 11) is 4.00. The lowest BCUT2D eigenvalue weighted by Crippen LogP contribution is -2.08. The Bertz CT molecular complexity index is 526. The Labute approximate surface area is 94.4 Å². The Morgan fingerprint density at radius 2 is 1.69 bits per heavy atom. The van der Waals surface area contributed by atoms with Crippen molar-refractivity contribution in [1.82, 2.24) is 4.98 Å². The molecule has 0 unspecified atom stereocenters. The molecule has 1 heterocycles. The van der Waals surface area contributed by atoms with Gasteiger partial charge in [0.25, 0.3) is 0 Å². The first-order valence-corrected chi connectivity index (χ1v) is 5.13. The first-order valence-electron chi connectivity index (χ1n) is 5.13. The van der Waals surface area contributed by atoms with Crippen LogP contribution in [0.1, 0.15) is 0 Å². The molecule has 0 amide bonds. The summed E-state index contributed by atoms with van der Waals surface area (Å²) in [4.78, 5) is 15.8. The van der Waals surface area contributed by atoms with Crippen LogP contribution in [0.4, 0.5) is 5.69 Å². The second-order valence-corrected chi connectivity index (χ2v) is 3.88. The fourth-order valence-corrected chi connectivity index (χ4v) is 1.58. The maximum absolute atomic E-state index is 11.2. The summed E-state index contributed by atoms with van der Waals surface area (Å²) in [6.45, 7) is 0. The van der Waals surface area contributed by atoms with Crippen molar-refractivity contribution in [1.29, 1.82) is 0 Å². The fourth-order valence-electron chi connectivity index (χ4n) is 1.58. The van der Waals surface area contributed by atoms with E-state index in [4.69, 9.17) is 0 Å². The number of aromatic nitrogens is 1. The molecule has 0 bridgehead atoms. The van der Waals surface area contributed by atoms with Crippen molar-refractivity contribution in [2.75, 3.05) is 19.0 Å². The predicted octanol–water partition coefficient (Wildman–Crippen LogP) is 2.11. The molecular formula is C13H14N2O. The van der Waals surface area contributed by atoms with Gasteiger partial charge in [0.15, 0.2) is 0 Å². The molecular weight excluding hydrogens is 200 g/mol. The van der Waals surface area contributed by atoms with Gasteiger partial charge in [0, 0.05) is 32.0 Å². The molecule has 0 radical (unpaired) electrons. The van der Waals surface area contributed by atoms with Gasteiger partial charge in [-0.25, -0.2) is 0 Å². The molecule has 0 spiro atoms. The second kappa shape index (κ2) is 4.23. The average molecular weight is 214 g/mol. The second-order valence-electron chi connectivity index (χ2n) is 3.88. The van der Waals surface area contributed by atoms with Gasteiger partial charge in [-0.15, -0.1) is 0 Å². The standard InChI is InChI=1S/C13H14N2O/c1-15(2)12-5-3-10(4-6-12)11-7-8-14-13(16)9-11/h3-9H,1-2H3,(H,14,16). The van der Waals surface area contributed by atoms with E-state index in [0.29, 0.717) is 0 Å². The minimum Gasteiger partial charge on any atom is -0.378 e. The van der Waals surface area contributed by atoms with Gasteiger partial charge in [0.05, 0.1) is 0 Å². The van der Waals surface area contributed by atoms with Crippen LogP contribution in [0.5, 0.6) is 0 Å². The molecule has 1 aromatic carbocycles. The average Bonchev–Trinajstić information content (AvgIpc) is 2.29. The van der Waals surface area contributed by atoms with Crippen molar-refractivity contribution < 1.29 is 0 Å². The number of benzene rings is 1. The molecule has 2 aromatic rings. The maximum Gasteiger partial charge on any atom is 0.248 e. The zero-order valence-corrected chi connectivity index (χ0v) is 9.40. The van der Waals surface area contributed by atoms with Crippen LogP contribution in [0.15, 0.2) is 47.4 Å². The third-order valence-corrected chi connectivity index (χ3v) is 2.49. The molecule has 3 nitrogen and oxygen atoms in total. The van der Waals surface area contributed by atoms with Gasteiger partial charge in [-0.2, -0.15) is 0 Å². The van der Waals surface area contributed by atoms with Crippen molar-refractivity contribution in [3.8, 4) is 11.1 Å². The van der Waals surface area contributed by atoms with E-state index in [-0.39, 0.29) is 5.56 Å². The molecule has 82 valence electrons. The first-order chi connectivity index (χ1) is 7.66. The van der Waals surface area contributed by atoms with Crippen LogP contribution in [-0.4, -0.2) is 19.1 Å². The number of aromatic amines is 1. The van der Waals surface area contributed by atoms with E-state index in [9.17, 15) is 4.79 Å². The molecule has 0 aliphatic rings. The number of nitrogens with zero attached hydrogens (tertiary/aromatic N) is 1. The van der Waals surface area contributed by atoms with Crippen LogP contribution in [0.2, 0.25) is 0 Å². The Kier molecular flexibility index (Phi) is 2.77. The lowest BCUT2D eigenvalue weighted by molar-refractivity contribution is 1.13. The molecule has 2 rings (SSSR count). The summed E-state index contributed by atoms with van der Waals surface area (Å²) in [5, 5.41) is 0. The van der Waals surface area contributed by atoms with E-state index in [0.717, 1.165) is 16.8 Å². The summed E-state index contributed by atoms with van der Waals surface area (Å²) >= 11 is 0. The summed E-state index contributed by atoms with van der Waals surface area (Å²) in [5.41, 5.74) is 3.06. The Hall–Kier alpha value is -2.03. The van der Waals surface area contributed by atoms with Crippen LogP contribution in [-0.2, 0) is 0 Å². The predicted molar refractivity (Wildman–Crippen MR) is 66.8 cm³/mol. The molecule has 0 aliphatic carbocycles. The van der Waals surface area contributed by atoms with E-state index < -0.39 is 0 Å². The highest BCUT2D eigenvalue weighted by molar-refractivity contribution is 5.65. The molecule has 1 N–H and O–H groups in total. The number of anilines is 1. The molecule has 1 aromatic heterocycles. The molecule has 0 saturated heterocycles. The largest absolute Gasteiger partial charge is 0.378 e. The van der Waals surface area contributed by atoms with Gasteiger partial charge in [-0.05, 0) is 29.3 Å². The lowest BCUT2D eigenvalue weighted by Gasteiger charge is -2.12. The number of hydrogen-bond donors (Lipinski definition) is 1. The van der Waals surface area contributed by atoms with Crippen LogP contribution in [0.25, 0.3) is 11.1 Å². The highest BCUT2D eigenvalue weighted by Crippen LogP contribution is 2.20. The van der Waals surface area contributed by atoms with Gasteiger partial charge < -0.3 is 9.88 Å². The van der Waals surface area contributed by atoms with Crippen molar-refractivity contribution >= 4 is 5.69 Å². The van der Waals surface area contributed by atoms with Crippen LogP contribution in [0.3, 0.4) is 0 Å². The van der Waals surface area contributed by atoms with E-state index in [2.05, 4.69) is 4.98 Å². The summed E-state index contributed by atoms with van der Waals surface area (Å²) in [6.07, 6.45) is 1.66. The van der Waals surface area contributed by atoms with E-state index in [1.54, 1.807) is 12.3 Å². The van der Waals surface area contributed by atoms with E-state index >= 15 is 0 Å². The molecule has 0 saturated carbocycles. The third-order valence-electron chi connectivity index (χ3n) is 2.49. The number of hydrogen-bond acceptors (Lipinski definition) is 2.